The van der Waals surface area contributed by atoms with Gasteiger partial charge in [-0.3, -0.25) is 9.69 Å². The Morgan fingerprint density at radius 1 is 1.04 bits per heavy atom. The first-order chi connectivity index (χ1) is 12.4. The molecule has 0 aliphatic carbocycles. The SMILES string of the molecule is O=C(Nc1c(F)c(F)c(F)c(F)c1F)c1cc(CN2CCOCC2)on1. The fourth-order valence-corrected chi connectivity index (χ4v) is 2.37. The number of morpholine rings is 1. The third kappa shape index (κ3) is 3.53. The van der Waals surface area contributed by atoms with Crippen molar-refractivity contribution in [2.24, 2.45) is 0 Å². The Bertz CT molecular complexity index is 807. The number of carbonyl (C=O) groups is 1. The number of ether oxygens (including phenoxy) is 1. The van der Waals surface area contributed by atoms with E-state index in [0.29, 0.717) is 38.6 Å². The minimum atomic E-state index is -2.31. The molecular weight excluding hydrogens is 365 g/mol. The number of hydrogen-bond acceptors (Lipinski definition) is 5. The van der Waals surface area contributed by atoms with Crippen molar-refractivity contribution in [3.8, 4) is 0 Å². The van der Waals surface area contributed by atoms with Gasteiger partial charge in [-0.05, 0) is 0 Å². The van der Waals surface area contributed by atoms with E-state index in [1.165, 1.54) is 6.07 Å². The maximum atomic E-state index is 13.6. The van der Waals surface area contributed by atoms with Crippen molar-refractivity contribution in [3.05, 3.63) is 46.6 Å². The van der Waals surface area contributed by atoms with Gasteiger partial charge in [0.2, 0.25) is 5.82 Å². The van der Waals surface area contributed by atoms with Crippen LogP contribution in [0.5, 0.6) is 0 Å². The molecule has 0 bridgehead atoms. The number of nitrogens with zero attached hydrogens (tertiary/aromatic N) is 2. The van der Waals surface area contributed by atoms with Crippen molar-refractivity contribution in [2.45, 2.75) is 6.54 Å². The Morgan fingerprint density at radius 3 is 2.23 bits per heavy atom. The standard InChI is InChI=1S/C15H12F5N3O3/c16-9-10(17)12(19)14(13(20)11(9)18)21-15(24)8-5-7(26-22-8)6-23-1-3-25-4-2-23/h5H,1-4,6H2,(H,21,24). The molecule has 11 heteroatoms. The van der Waals surface area contributed by atoms with E-state index in [9.17, 15) is 26.7 Å². The minimum Gasteiger partial charge on any atom is -0.379 e. The molecule has 1 N–H and O–H groups in total. The number of benzene rings is 1. The van der Waals surface area contributed by atoms with E-state index in [4.69, 9.17) is 9.26 Å². The van der Waals surface area contributed by atoms with E-state index in [-0.39, 0.29) is 5.69 Å². The Labute approximate surface area is 143 Å². The van der Waals surface area contributed by atoms with Crippen LogP contribution in [0.1, 0.15) is 16.2 Å². The monoisotopic (exact) mass is 377 g/mol. The van der Waals surface area contributed by atoms with Gasteiger partial charge in [-0.1, -0.05) is 5.16 Å². The van der Waals surface area contributed by atoms with E-state index in [0.717, 1.165) is 0 Å². The van der Waals surface area contributed by atoms with Gasteiger partial charge in [0.15, 0.2) is 34.7 Å². The van der Waals surface area contributed by atoms with Crippen LogP contribution >= 0.6 is 0 Å². The lowest BCUT2D eigenvalue weighted by Gasteiger charge is -2.25. The van der Waals surface area contributed by atoms with Gasteiger partial charge in [-0.15, -0.1) is 0 Å². The van der Waals surface area contributed by atoms with Crippen LogP contribution in [-0.2, 0) is 11.3 Å². The van der Waals surface area contributed by atoms with E-state index in [1.54, 1.807) is 5.32 Å². The predicted molar refractivity (Wildman–Crippen MR) is 76.8 cm³/mol. The number of amides is 1. The van der Waals surface area contributed by atoms with Crippen LogP contribution in [0.25, 0.3) is 0 Å². The summed E-state index contributed by atoms with van der Waals surface area (Å²) in [5.74, 6) is -11.8. The molecule has 1 aliphatic heterocycles. The molecule has 1 fully saturated rings. The summed E-state index contributed by atoms with van der Waals surface area (Å²) in [7, 11) is 0. The third-order valence-corrected chi connectivity index (χ3v) is 3.72. The first-order valence-corrected chi connectivity index (χ1v) is 7.47. The zero-order valence-electron chi connectivity index (χ0n) is 13.1. The topological polar surface area (TPSA) is 67.6 Å². The fraction of sp³-hybridized carbons (Fsp3) is 0.333. The van der Waals surface area contributed by atoms with Crippen molar-refractivity contribution < 1.29 is 36.0 Å². The summed E-state index contributed by atoms with van der Waals surface area (Å²) in [6.45, 7) is 2.70. The largest absolute Gasteiger partial charge is 0.379 e. The van der Waals surface area contributed by atoms with Gasteiger partial charge in [0.25, 0.3) is 5.91 Å². The Balaban J connectivity index is 1.75. The molecule has 2 aromatic rings. The molecule has 0 radical (unpaired) electrons. The van der Waals surface area contributed by atoms with Gasteiger partial charge < -0.3 is 14.6 Å². The van der Waals surface area contributed by atoms with Crippen molar-refractivity contribution in [2.75, 3.05) is 31.6 Å². The Kier molecular flexibility index (Phi) is 5.18. The highest BCUT2D eigenvalue weighted by molar-refractivity contribution is 6.03. The maximum Gasteiger partial charge on any atom is 0.278 e. The lowest BCUT2D eigenvalue weighted by molar-refractivity contribution is 0.0305. The highest BCUT2D eigenvalue weighted by atomic mass is 19.2. The molecule has 2 heterocycles. The molecule has 1 aliphatic rings. The number of rotatable bonds is 4. The van der Waals surface area contributed by atoms with E-state index >= 15 is 0 Å². The van der Waals surface area contributed by atoms with Gasteiger partial charge in [-0.25, -0.2) is 22.0 Å². The van der Waals surface area contributed by atoms with Crippen molar-refractivity contribution >= 4 is 11.6 Å². The molecular formula is C15H12F5N3O3. The molecule has 1 aromatic carbocycles. The molecule has 1 amide bonds. The summed E-state index contributed by atoms with van der Waals surface area (Å²) in [6.07, 6.45) is 0. The van der Waals surface area contributed by atoms with E-state index < -0.39 is 40.7 Å². The normalized spacial score (nSPS) is 15.3. The van der Waals surface area contributed by atoms with Gasteiger partial charge in [0.1, 0.15) is 5.69 Å². The number of halogens is 5. The molecule has 0 spiro atoms. The predicted octanol–water partition coefficient (Wildman–Crippen LogP) is 2.45. The Hall–Kier alpha value is -2.53. The second-order valence-electron chi connectivity index (χ2n) is 5.47. The van der Waals surface area contributed by atoms with Crippen LogP contribution in [0.2, 0.25) is 0 Å². The summed E-state index contributed by atoms with van der Waals surface area (Å²) in [4.78, 5) is 14.0. The van der Waals surface area contributed by atoms with Crippen molar-refractivity contribution in [1.82, 2.24) is 10.1 Å². The maximum absolute atomic E-state index is 13.6. The number of anilines is 1. The van der Waals surface area contributed by atoms with Gasteiger partial charge >= 0.3 is 0 Å². The Morgan fingerprint density at radius 2 is 1.62 bits per heavy atom. The molecule has 6 nitrogen and oxygen atoms in total. The average molecular weight is 377 g/mol. The van der Waals surface area contributed by atoms with E-state index in [1.807, 2.05) is 4.90 Å². The molecule has 1 saturated heterocycles. The molecule has 0 saturated carbocycles. The van der Waals surface area contributed by atoms with Crippen LogP contribution in [0, 0.1) is 29.1 Å². The second kappa shape index (κ2) is 7.38. The number of hydrogen-bond donors (Lipinski definition) is 1. The number of carbonyl (C=O) groups excluding carboxylic acids is 1. The molecule has 0 atom stereocenters. The first-order valence-electron chi connectivity index (χ1n) is 7.47. The molecule has 0 unspecified atom stereocenters. The zero-order chi connectivity index (χ0) is 18.8. The molecule has 26 heavy (non-hydrogen) atoms. The van der Waals surface area contributed by atoms with Crippen LogP contribution < -0.4 is 5.32 Å². The number of nitrogens with one attached hydrogen (secondary N) is 1. The number of aromatic nitrogens is 1. The second-order valence-corrected chi connectivity index (χ2v) is 5.47. The summed E-state index contributed by atoms with van der Waals surface area (Å²) in [6, 6.07) is 1.22. The lowest BCUT2D eigenvalue weighted by atomic mass is 10.2. The third-order valence-electron chi connectivity index (χ3n) is 3.72. The zero-order valence-corrected chi connectivity index (χ0v) is 13.1. The molecule has 140 valence electrons. The van der Waals surface area contributed by atoms with Crippen LogP contribution in [0.15, 0.2) is 10.6 Å². The highest BCUT2D eigenvalue weighted by Gasteiger charge is 2.28. The van der Waals surface area contributed by atoms with Crippen molar-refractivity contribution in [1.29, 1.82) is 0 Å². The lowest BCUT2D eigenvalue weighted by Crippen LogP contribution is -2.35. The first kappa shape index (κ1) is 18.3. The quantitative estimate of drug-likeness (QED) is 0.504. The minimum absolute atomic E-state index is 0.300. The van der Waals surface area contributed by atoms with Crippen LogP contribution in [0.4, 0.5) is 27.6 Å². The molecule has 3 rings (SSSR count). The van der Waals surface area contributed by atoms with Gasteiger partial charge in [0.05, 0.1) is 19.8 Å². The van der Waals surface area contributed by atoms with Crippen molar-refractivity contribution in [3.63, 3.8) is 0 Å². The summed E-state index contributed by atoms with van der Waals surface area (Å²) in [5, 5.41) is 5.08. The summed E-state index contributed by atoms with van der Waals surface area (Å²) < 4.78 is 76.7. The van der Waals surface area contributed by atoms with Crippen LogP contribution in [0.3, 0.4) is 0 Å². The van der Waals surface area contributed by atoms with Crippen LogP contribution in [-0.4, -0.2) is 42.3 Å². The van der Waals surface area contributed by atoms with Gasteiger partial charge in [-0.2, -0.15) is 0 Å². The average Bonchev–Trinajstić information content (AvgIpc) is 3.11. The van der Waals surface area contributed by atoms with Gasteiger partial charge in [0, 0.05) is 19.2 Å². The molecule has 1 aromatic heterocycles. The smallest absolute Gasteiger partial charge is 0.278 e. The summed E-state index contributed by atoms with van der Waals surface area (Å²) in [5.41, 5.74) is -1.82. The summed E-state index contributed by atoms with van der Waals surface area (Å²) >= 11 is 0. The highest BCUT2D eigenvalue weighted by Crippen LogP contribution is 2.27. The van der Waals surface area contributed by atoms with E-state index in [2.05, 4.69) is 5.16 Å². The fourth-order valence-electron chi connectivity index (χ4n) is 2.37.